The van der Waals surface area contributed by atoms with Gasteiger partial charge in [-0.25, -0.2) is 9.67 Å². The quantitative estimate of drug-likeness (QED) is 0.779. The van der Waals surface area contributed by atoms with Crippen molar-refractivity contribution in [1.82, 2.24) is 20.0 Å². The Kier molecular flexibility index (Phi) is 3.01. The van der Waals surface area contributed by atoms with Gasteiger partial charge in [-0.1, -0.05) is 17.3 Å². The molecule has 2 aromatic heterocycles. The van der Waals surface area contributed by atoms with E-state index >= 15 is 0 Å². The summed E-state index contributed by atoms with van der Waals surface area (Å²) in [6, 6.07) is 7.99. The maximum absolute atomic E-state index is 4.24. The number of nitrogens with one attached hydrogen (secondary N) is 1. The van der Waals surface area contributed by atoms with Crippen LogP contribution in [-0.2, 0) is 6.54 Å². The molecule has 0 aliphatic carbocycles. The summed E-state index contributed by atoms with van der Waals surface area (Å²) in [5, 5.41) is 14.2. The van der Waals surface area contributed by atoms with Gasteiger partial charge in [0, 0.05) is 11.6 Å². The van der Waals surface area contributed by atoms with Crippen LogP contribution in [0.15, 0.2) is 48.2 Å². The van der Waals surface area contributed by atoms with Gasteiger partial charge in [0.2, 0.25) is 0 Å². The van der Waals surface area contributed by atoms with E-state index in [2.05, 4.69) is 20.6 Å². The number of anilines is 1. The number of rotatable bonds is 4. The Labute approximate surface area is 108 Å². The van der Waals surface area contributed by atoms with Gasteiger partial charge in [-0.3, -0.25) is 0 Å². The van der Waals surface area contributed by atoms with Crippen LogP contribution in [-0.4, -0.2) is 20.0 Å². The minimum Gasteiger partial charge on any atom is -0.377 e. The number of nitrogens with zero attached hydrogens (tertiary/aromatic N) is 4. The highest BCUT2D eigenvalue weighted by molar-refractivity contribution is 7.09. The zero-order chi connectivity index (χ0) is 12.2. The van der Waals surface area contributed by atoms with Gasteiger partial charge in [0.25, 0.3) is 0 Å². The monoisotopic (exact) mass is 257 g/mol. The third kappa shape index (κ3) is 2.23. The van der Waals surface area contributed by atoms with Crippen LogP contribution >= 0.6 is 11.3 Å². The SMILES string of the molecule is c1ccc(-n2ccnn2)c(NCc2nccs2)c1. The molecule has 0 saturated heterocycles. The number of hydrogen-bond acceptors (Lipinski definition) is 5. The Hall–Kier alpha value is -2.21. The van der Waals surface area contributed by atoms with Crippen LogP contribution in [0.5, 0.6) is 0 Å². The molecular weight excluding hydrogens is 246 g/mol. The molecular formula is C12H11N5S. The molecule has 5 nitrogen and oxygen atoms in total. The number of para-hydroxylation sites is 2. The van der Waals surface area contributed by atoms with Gasteiger partial charge in [0.15, 0.2) is 0 Å². The van der Waals surface area contributed by atoms with E-state index in [1.54, 1.807) is 22.2 Å². The molecule has 0 bridgehead atoms. The van der Waals surface area contributed by atoms with Crippen LogP contribution in [0.3, 0.4) is 0 Å². The Morgan fingerprint density at radius 1 is 1.22 bits per heavy atom. The van der Waals surface area contributed by atoms with E-state index < -0.39 is 0 Å². The maximum atomic E-state index is 4.24. The number of thiazole rings is 1. The summed E-state index contributed by atoms with van der Waals surface area (Å²) in [6.45, 7) is 0.712. The van der Waals surface area contributed by atoms with Crippen molar-refractivity contribution >= 4 is 17.0 Å². The fourth-order valence-electron chi connectivity index (χ4n) is 1.67. The molecule has 2 heterocycles. The van der Waals surface area contributed by atoms with Crippen LogP contribution in [0.2, 0.25) is 0 Å². The molecule has 0 aliphatic rings. The lowest BCUT2D eigenvalue weighted by molar-refractivity contribution is 0.803. The van der Waals surface area contributed by atoms with Gasteiger partial charge < -0.3 is 5.32 Å². The Morgan fingerprint density at radius 2 is 2.17 bits per heavy atom. The smallest absolute Gasteiger partial charge is 0.112 e. The van der Waals surface area contributed by atoms with Crippen molar-refractivity contribution in [3.63, 3.8) is 0 Å². The summed E-state index contributed by atoms with van der Waals surface area (Å²) in [7, 11) is 0. The first kappa shape index (κ1) is 10.9. The van der Waals surface area contributed by atoms with Crippen molar-refractivity contribution < 1.29 is 0 Å². The lowest BCUT2D eigenvalue weighted by Crippen LogP contribution is -2.04. The molecule has 3 aromatic rings. The maximum Gasteiger partial charge on any atom is 0.112 e. The predicted octanol–water partition coefficient (Wildman–Crippen LogP) is 2.34. The minimum absolute atomic E-state index is 0.712. The molecule has 0 amide bonds. The summed E-state index contributed by atoms with van der Waals surface area (Å²) in [5.74, 6) is 0. The van der Waals surface area contributed by atoms with Gasteiger partial charge in [-0.2, -0.15) is 0 Å². The largest absolute Gasteiger partial charge is 0.377 e. The molecule has 18 heavy (non-hydrogen) atoms. The molecule has 0 spiro atoms. The summed E-state index contributed by atoms with van der Waals surface area (Å²) in [5.41, 5.74) is 1.99. The van der Waals surface area contributed by atoms with Gasteiger partial charge in [0.1, 0.15) is 5.01 Å². The van der Waals surface area contributed by atoms with Gasteiger partial charge in [-0.15, -0.1) is 16.4 Å². The first-order valence-electron chi connectivity index (χ1n) is 5.51. The van der Waals surface area contributed by atoms with E-state index in [1.807, 2.05) is 42.0 Å². The fourth-order valence-corrected chi connectivity index (χ4v) is 2.23. The molecule has 1 aromatic carbocycles. The molecule has 0 radical (unpaired) electrons. The van der Waals surface area contributed by atoms with E-state index in [-0.39, 0.29) is 0 Å². The van der Waals surface area contributed by atoms with E-state index in [1.165, 1.54) is 0 Å². The summed E-state index contributed by atoms with van der Waals surface area (Å²) >= 11 is 1.64. The van der Waals surface area contributed by atoms with Gasteiger partial charge in [-0.05, 0) is 12.1 Å². The highest BCUT2D eigenvalue weighted by Crippen LogP contribution is 2.19. The van der Waals surface area contributed by atoms with Crippen molar-refractivity contribution in [2.45, 2.75) is 6.54 Å². The van der Waals surface area contributed by atoms with E-state index in [9.17, 15) is 0 Å². The molecule has 90 valence electrons. The molecule has 0 aliphatic heterocycles. The van der Waals surface area contributed by atoms with E-state index in [0.717, 1.165) is 16.4 Å². The van der Waals surface area contributed by atoms with Crippen LogP contribution in [0.4, 0.5) is 5.69 Å². The molecule has 3 rings (SSSR count). The first-order chi connectivity index (χ1) is 8.93. The Bertz CT molecular complexity index is 603. The van der Waals surface area contributed by atoms with Crippen LogP contribution in [0.25, 0.3) is 5.69 Å². The van der Waals surface area contributed by atoms with Gasteiger partial charge in [0.05, 0.1) is 30.3 Å². The number of benzene rings is 1. The number of hydrogen-bond donors (Lipinski definition) is 1. The molecule has 0 unspecified atom stereocenters. The highest BCUT2D eigenvalue weighted by atomic mass is 32.1. The number of aromatic nitrogens is 4. The Balaban J connectivity index is 1.84. The molecule has 0 atom stereocenters. The lowest BCUT2D eigenvalue weighted by Gasteiger charge is -2.10. The zero-order valence-corrected chi connectivity index (χ0v) is 10.3. The molecule has 0 fully saturated rings. The second-order valence-corrected chi connectivity index (χ2v) is 4.62. The summed E-state index contributed by atoms with van der Waals surface area (Å²) < 4.78 is 1.74. The average Bonchev–Trinajstić information content (AvgIpc) is 3.10. The average molecular weight is 257 g/mol. The van der Waals surface area contributed by atoms with E-state index in [0.29, 0.717) is 6.54 Å². The second-order valence-electron chi connectivity index (χ2n) is 3.64. The highest BCUT2D eigenvalue weighted by Gasteiger charge is 2.04. The van der Waals surface area contributed by atoms with Crippen molar-refractivity contribution in [2.75, 3.05) is 5.32 Å². The van der Waals surface area contributed by atoms with Crippen molar-refractivity contribution in [2.24, 2.45) is 0 Å². The normalized spacial score (nSPS) is 10.4. The zero-order valence-electron chi connectivity index (χ0n) is 9.52. The van der Waals surface area contributed by atoms with E-state index in [4.69, 9.17) is 0 Å². The fraction of sp³-hybridized carbons (Fsp3) is 0.0833. The molecule has 0 saturated carbocycles. The predicted molar refractivity (Wildman–Crippen MR) is 70.8 cm³/mol. The third-order valence-corrected chi connectivity index (χ3v) is 3.27. The van der Waals surface area contributed by atoms with Crippen molar-refractivity contribution in [3.05, 3.63) is 53.2 Å². The van der Waals surface area contributed by atoms with Crippen LogP contribution in [0, 0.1) is 0 Å². The standard InChI is InChI=1S/C12H11N5S/c1-2-4-11(17-7-5-15-16-17)10(3-1)14-9-12-13-6-8-18-12/h1-8,14H,9H2. The minimum atomic E-state index is 0.712. The van der Waals surface area contributed by atoms with Crippen molar-refractivity contribution in [3.8, 4) is 5.69 Å². The molecule has 1 N–H and O–H groups in total. The third-order valence-electron chi connectivity index (χ3n) is 2.49. The van der Waals surface area contributed by atoms with Crippen LogP contribution in [0.1, 0.15) is 5.01 Å². The summed E-state index contributed by atoms with van der Waals surface area (Å²) in [6.07, 6.45) is 5.30. The first-order valence-corrected chi connectivity index (χ1v) is 6.39. The van der Waals surface area contributed by atoms with Crippen LogP contribution < -0.4 is 5.32 Å². The summed E-state index contributed by atoms with van der Waals surface area (Å²) in [4.78, 5) is 4.24. The lowest BCUT2D eigenvalue weighted by atomic mass is 10.2. The topological polar surface area (TPSA) is 55.6 Å². The van der Waals surface area contributed by atoms with Crippen molar-refractivity contribution in [1.29, 1.82) is 0 Å². The second kappa shape index (κ2) is 4.97. The Morgan fingerprint density at radius 3 is 2.94 bits per heavy atom. The molecule has 6 heteroatoms. The van der Waals surface area contributed by atoms with Gasteiger partial charge >= 0.3 is 0 Å².